The van der Waals surface area contributed by atoms with Crippen molar-refractivity contribution in [3.8, 4) is 23.1 Å². The predicted octanol–water partition coefficient (Wildman–Crippen LogP) is 9.03. The smallest absolute Gasteiger partial charge is 0.416 e. The summed E-state index contributed by atoms with van der Waals surface area (Å²) in [5.74, 6) is -0.533. The van der Waals surface area contributed by atoms with Gasteiger partial charge in [-0.2, -0.15) is 26.3 Å². The lowest BCUT2D eigenvalue weighted by molar-refractivity contribution is -0.143. The molecule has 0 atom stereocenters. The number of hydrogen-bond donors (Lipinski definition) is 0. The van der Waals surface area contributed by atoms with E-state index in [1.165, 1.54) is 0 Å². The second-order valence-corrected chi connectivity index (χ2v) is 8.59. The SMILES string of the molecule is FC(F)(F)c1cc(Oc2nnc(-c3cc4ccccc4o3)c3cc4ccccc4cc23)cc(C(F)(F)F)c1. The number of hydrogen-bond acceptors (Lipinski definition) is 4. The van der Waals surface area contributed by atoms with Crippen molar-refractivity contribution in [2.75, 3.05) is 0 Å². The van der Waals surface area contributed by atoms with E-state index in [4.69, 9.17) is 9.15 Å². The van der Waals surface area contributed by atoms with Crippen LogP contribution in [0.4, 0.5) is 26.3 Å². The first-order chi connectivity index (χ1) is 18.1. The molecule has 4 aromatic carbocycles. The summed E-state index contributed by atoms with van der Waals surface area (Å²) in [6, 6.07) is 20.9. The fourth-order valence-corrected chi connectivity index (χ4v) is 4.27. The Hall–Kier alpha value is -4.60. The second-order valence-electron chi connectivity index (χ2n) is 8.59. The van der Waals surface area contributed by atoms with Gasteiger partial charge in [0.05, 0.1) is 11.1 Å². The molecular formula is C28H14F6N2O2. The van der Waals surface area contributed by atoms with Gasteiger partial charge in [-0.1, -0.05) is 42.5 Å². The predicted molar refractivity (Wildman–Crippen MR) is 129 cm³/mol. The maximum Gasteiger partial charge on any atom is 0.416 e. The van der Waals surface area contributed by atoms with Crippen LogP contribution >= 0.6 is 0 Å². The molecule has 0 fully saturated rings. The highest BCUT2D eigenvalue weighted by molar-refractivity contribution is 6.05. The van der Waals surface area contributed by atoms with Crippen LogP contribution in [0.2, 0.25) is 0 Å². The molecule has 0 aliphatic heterocycles. The first-order valence-electron chi connectivity index (χ1n) is 11.2. The van der Waals surface area contributed by atoms with Gasteiger partial charge in [0, 0.05) is 16.2 Å². The van der Waals surface area contributed by atoms with Crippen LogP contribution in [0.25, 0.3) is 44.0 Å². The molecule has 190 valence electrons. The van der Waals surface area contributed by atoms with Crippen molar-refractivity contribution in [2.45, 2.75) is 12.4 Å². The Kier molecular flexibility index (Phi) is 5.30. The van der Waals surface area contributed by atoms with Crippen molar-refractivity contribution in [3.05, 3.63) is 96.1 Å². The first-order valence-corrected chi connectivity index (χ1v) is 11.2. The highest BCUT2D eigenvalue weighted by atomic mass is 19.4. The van der Waals surface area contributed by atoms with E-state index in [1.54, 1.807) is 30.3 Å². The number of nitrogens with zero attached hydrogens (tertiary/aromatic N) is 2. The molecule has 38 heavy (non-hydrogen) atoms. The standard InChI is InChI=1S/C28H14F6N2O2/c29-27(30,31)18-12-19(28(32,33)34)14-20(13-18)37-26-22-10-16-6-2-1-5-15(16)9-21(22)25(35-36-26)24-11-17-7-3-4-8-23(17)38-24/h1-14H. The monoisotopic (exact) mass is 524 g/mol. The lowest BCUT2D eigenvalue weighted by Gasteiger charge is -2.15. The number of para-hydroxylation sites is 1. The zero-order chi connectivity index (χ0) is 26.7. The van der Waals surface area contributed by atoms with E-state index in [0.29, 0.717) is 39.9 Å². The zero-order valence-electron chi connectivity index (χ0n) is 19.1. The van der Waals surface area contributed by atoms with Gasteiger partial charge in [0.15, 0.2) is 5.76 Å². The average Bonchev–Trinajstić information content (AvgIpc) is 3.31. The van der Waals surface area contributed by atoms with E-state index in [-0.39, 0.29) is 11.9 Å². The third-order valence-corrected chi connectivity index (χ3v) is 6.05. The van der Waals surface area contributed by atoms with Gasteiger partial charge in [0.1, 0.15) is 17.0 Å². The summed E-state index contributed by atoms with van der Waals surface area (Å²) in [4.78, 5) is 0. The van der Waals surface area contributed by atoms with Crippen LogP contribution < -0.4 is 4.74 Å². The van der Waals surface area contributed by atoms with Gasteiger partial charge in [-0.25, -0.2) is 0 Å². The van der Waals surface area contributed by atoms with Gasteiger partial charge in [-0.15, -0.1) is 10.2 Å². The summed E-state index contributed by atoms with van der Waals surface area (Å²) in [6.45, 7) is 0. The molecule has 6 rings (SSSR count). The van der Waals surface area contributed by atoms with Crippen LogP contribution in [0.1, 0.15) is 11.1 Å². The highest BCUT2D eigenvalue weighted by Gasteiger charge is 2.37. The highest BCUT2D eigenvalue weighted by Crippen LogP contribution is 2.41. The Balaban J connectivity index is 1.55. The summed E-state index contributed by atoms with van der Waals surface area (Å²) < 4.78 is 91.7. The molecule has 0 unspecified atom stereocenters. The van der Waals surface area contributed by atoms with Crippen molar-refractivity contribution in [2.24, 2.45) is 0 Å². The molecule has 6 aromatic rings. The summed E-state index contributed by atoms with van der Waals surface area (Å²) in [5, 5.41) is 11.5. The van der Waals surface area contributed by atoms with Crippen LogP contribution in [0.5, 0.6) is 11.6 Å². The van der Waals surface area contributed by atoms with Gasteiger partial charge in [-0.3, -0.25) is 0 Å². The van der Waals surface area contributed by atoms with Gasteiger partial charge in [0.25, 0.3) is 0 Å². The van der Waals surface area contributed by atoms with Crippen molar-refractivity contribution in [3.63, 3.8) is 0 Å². The molecule has 2 heterocycles. The number of ether oxygens (including phenoxy) is 1. The summed E-state index contributed by atoms with van der Waals surface area (Å²) in [7, 11) is 0. The van der Waals surface area contributed by atoms with E-state index in [9.17, 15) is 26.3 Å². The number of fused-ring (bicyclic) bond motifs is 3. The van der Waals surface area contributed by atoms with Gasteiger partial charge >= 0.3 is 12.4 Å². The minimum Gasteiger partial charge on any atom is -0.454 e. The molecule has 0 aliphatic carbocycles. The molecule has 0 amide bonds. The summed E-state index contributed by atoms with van der Waals surface area (Å²) >= 11 is 0. The van der Waals surface area contributed by atoms with E-state index >= 15 is 0 Å². The molecule has 0 aliphatic rings. The van der Waals surface area contributed by atoms with Crippen LogP contribution in [0.3, 0.4) is 0 Å². The zero-order valence-corrected chi connectivity index (χ0v) is 19.1. The van der Waals surface area contributed by atoms with E-state index in [1.807, 2.05) is 36.4 Å². The normalized spacial score (nSPS) is 12.5. The van der Waals surface area contributed by atoms with Gasteiger partial charge in [0.2, 0.25) is 5.88 Å². The lowest BCUT2D eigenvalue weighted by atomic mass is 10.0. The molecule has 10 heteroatoms. The van der Waals surface area contributed by atoms with Crippen molar-refractivity contribution < 1.29 is 35.5 Å². The number of halogens is 6. The molecular weight excluding hydrogens is 510 g/mol. The Morgan fingerprint density at radius 1 is 0.605 bits per heavy atom. The van der Waals surface area contributed by atoms with Gasteiger partial charge in [-0.05, 0) is 53.2 Å². The minimum atomic E-state index is -5.02. The van der Waals surface area contributed by atoms with Crippen LogP contribution in [-0.4, -0.2) is 10.2 Å². The summed E-state index contributed by atoms with van der Waals surface area (Å²) in [5.41, 5.74) is -2.04. The Morgan fingerprint density at radius 2 is 1.18 bits per heavy atom. The molecule has 0 N–H and O–H groups in total. The topological polar surface area (TPSA) is 48.2 Å². The molecule has 0 bridgehead atoms. The molecule has 0 spiro atoms. The number of alkyl halides is 6. The van der Waals surface area contributed by atoms with Crippen LogP contribution in [0.15, 0.2) is 89.3 Å². The number of furan rings is 1. The molecule has 2 aromatic heterocycles. The third kappa shape index (κ3) is 4.27. The van der Waals surface area contributed by atoms with E-state index in [0.717, 1.165) is 16.2 Å². The Bertz CT molecular complexity index is 1770. The maximum atomic E-state index is 13.4. The van der Waals surface area contributed by atoms with E-state index in [2.05, 4.69) is 10.2 Å². The molecule has 4 nitrogen and oxygen atoms in total. The lowest BCUT2D eigenvalue weighted by Crippen LogP contribution is -2.11. The van der Waals surface area contributed by atoms with E-state index < -0.39 is 29.2 Å². The molecule has 0 radical (unpaired) electrons. The molecule has 0 saturated carbocycles. The summed E-state index contributed by atoms with van der Waals surface area (Å²) in [6.07, 6.45) is -10.0. The average molecular weight is 524 g/mol. The third-order valence-electron chi connectivity index (χ3n) is 6.05. The van der Waals surface area contributed by atoms with Crippen molar-refractivity contribution in [1.29, 1.82) is 0 Å². The van der Waals surface area contributed by atoms with Crippen LogP contribution in [0, 0.1) is 0 Å². The first kappa shape index (κ1) is 23.8. The van der Waals surface area contributed by atoms with Crippen molar-refractivity contribution >= 4 is 32.5 Å². The Morgan fingerprint density at radius 3 is 1.79 bits per heavy atom. The second kappa shape index (κ2) is 8.47. The molecule has 0 saturated heterocycles. The number of aromatic nitrogens is 2. The van der Waals surface area contributed by atoms with Crippen LogP contribution in [-0.2, 0) is 12.4 Å². The van der Waals surface area contributed by atoms with Crippen molar-refractivity contribution in [1.82, 2.24) is 10.2 Å². The fourth-order valence-electron chi connectivity index (χ4n) is 4.27. The number of benzene rings is 4. The minimum absolute atomic E-state index is 0.0365. The maximum absolute atomic E-state index is 13.4. The number of rotatable bonds is 3. The van der Waals surface area contributed by atoms with Gasteiger partial charge < -0.3 is 9.15 Å². The fraction of sp³-hybridized carbons (Fsp3) is 0.0714. The Labute approximate surface area is 210 Å². The largest absolute Gasteiger partial charge is 0.454 e. The quantitative estimate of drug-likeness (QED) is 0.171.